The van der Waals surface area contributed by atoms with Crippen LogP contribution in [0.15, 0.2) is 0 Å². The van der Waals surface area contributed by atoms with Gasteiger partial charge in [0.05, 0.1) is 0 Å². The predicted molar refractivity (Wildman–Crippen MR) is 88.3 cm³/mol. The molecule has 0 unspecified atom stereocenters. The molecule has 0 aromatic heterocycles. The molecule has 1 atom stereocenters. The topological polar surface area (TPSA) is 58.2 Å². The molecule has 0 radical (unpaired) electrons. The van der Waals surface area contributed by atoms with Gasteiger partial charge in [0.15, 0.2) is 0 Å². The molecule has 2 N–H and O–H groups in total. The van der Waals surface area contributed by atoms with Gasteiger partial charge in [-0.1, -0.05) is 27.7 Å². The SMILES string of the molecule is CC1(C(=O)N[C@H]2CCCCNC2=O)CCC(C(C)(C)C)CC1. The van der Waals surface area contributed by atoms with Crippen LogP contribution < -0.4 is 10.6 Å². The highest BCUT2D eigenvalue weighted by Crippen LogP contribution is 2.45. The van der Waals surface area contributed by atoms with Gasteiger partial charge in [0.25, 0.3) is 0 Å². The van der Waals surface area contributed by atoms with E-state index in [1.807, 2.05) is 0 Å². The van der Waals surface area contributed by atoms with Crippen molar-refractivity contribution >= 4 is 11.8 Å². The van der Waals surface area contributed by atoms with Crippen LogP contribution in [0.1, 0.15) is 72.6 Å². The Morgan fingerprint density at radius 2 is 1.82 bits per heavy atom. The first-order valence-corrected chi connectivity index (χ1v) is 8.81. The van der Waals surface area contributed by atoms with Crippen molar-refractivity contribution in [3.8, 4) is 0 Å². The highest BCUT2D eigenvalue weighted by atomic mass is 16.2. The first-order chi connectivity index (χ1) is 10.2. The first-order valence-electron chi connectivity index (χ1n) is 8.81. The van der Waals surface area contributed by atoms with Crippen LogP contribution in [0, 0.1) is 16.7 Å². The number of hydrogen-bond acceptors (Lipinski definition) is 2. The van der Waals surface area contributed by atoms with Gasteiger partial charge >= 0.3 is 0 Å². The summed E-state index contributed by atoms with van der Waals surface area (Å²) >= 11 is 0. The first kappa shape index (κ1) is 17.3. The molecule has 2 amide bonds. The fourth-order valence-corrected chi connectivity index (χ4v) is 3.76. The maximum Gasteiger partial charge on any atom is 0.242 e. The van der Waals surface area contributed by atoms with Crippen LogP contribution in [0.5, 0.6) is 0 Å². The Morgan fingerprint density at radius 3 is 2.41 bits per heavy atom. The van der Waals surface area contributed by atoms with Gasteiger partial charge in [-0.25, -0.2) is 0 Å². The number of amides is 2. The summed E-state index contributed by atoms with van der Waals surface area (Å²) in [5, 5.41) is 5.91. The number of rotatable bonds is 2. The molecule has 0 aromatic carbocycles. The number of nitrogens with one attached hydrogen (secondary N) is 2. The molecule has 0 spiro atoms. The van der Waals surface area contributed by atoms with Gasteiger partial charge in [0.1, 0.15) is 6.04 Å². The summed E-state index contributed by atoms with van der Waals surface area (Å²) in [4.78, 5) is 24.7. The van der Waals surface area contributed by atoms with Gasteiger partial charge in [-0.15, -0.1) is 0 Å². The van der Waals surface area contributed by atoms with Crippen LogP contribution in [0.3, 0.4) is 0 Å². The molecule has 1 aliphatic heterocycles. The number of carbonyl (C=O) groups is 2. The largest absolute Gasteiger partial charge is 0.354 e. The summed E-state index contributed by atoms with van der Waals surface area (Å²) in [6.07, 6.45) is 6.81. The van der Waals surface area contributed by atoms with Crippen molar-refractivity contribution in [1.29, 1.82) is 0 Å². The lowest BCUT2D eigenvalue weighted by atomic mass is 9.64. The average Bonchev–Trinajstić information content (AvgIpc) is 2.63. The van der Waals surface area contributed by atoms with E-state index in [2.05, 4.69) is 38.3 Å². The quantitative estimate of drug-likeness (QED) is 0.824. The van der Waals surface area contributed by atoms with Gasteiger partial charge in [-0.05, 0) is 56.3 Å². The van der Waals surface area contributed by atoms with Gasteiger partial charge < -0.3 is 10.6 Å². The van der Waals surface area contributed by atoms with Crippen LogP contribution in [0.25, 0.3) is 0 Å². The van der Waals surface area contributed by atoms with E-state index >= 15 is 0 Å². The van der Waals surface area contributed by atoms with Crippen LogP contribution in [0.2, 0.25) is 0 Å². The third kappa shape index (κ3) is 4.02. The maximum atomic E-state index is 12.7. The van der Waals surface area contributed by atoms with Gasteiger partial charge in [0, 0.05) is 12.0 Å². The lowest BCUT2D eigenvalue weighted by Crippen LogP contribution is -2.51. The molecule has 4 heteroatoms. The summed E-state index contributed by atoms with van der Waals surface area (Å²) in [7, 11) is 0. The molecule has 2 aliphatic rings. The van der Waals surface area contributed by atoms with E-state index in [1.54, 1.807) is 0 Å². The molecule has 0 bridgehead atoms. The van der Waals surface area contributed by atoms with Crippen LogP contribution in [0.4, 0.5) is 0 Å². The summed E-state index contributed by atoms with van der Waals surface area (Å²) in [5.41, 5.74) is 0.00726. The van der Waals surface area contributed by atoms with E-state index in [-0.39, 0.29) is 23.3 Å². The molecule has 1 aliphatic carbocycles. The van der Waals surface area contributed by atoms with Crippen molar-refractivity contribution in [2.24, 2.45) is 16.7 Å². The number of carbonyl (C=O) groups excluding carboxylic acids is 2. The highest BCUT2D eigenvalue weighted by Gasteiger charge is 2.41. The molecular formula is C18H32N2O2. The van der Waals surface area contributed by atoms with E-state index in [0.717, 1.165) is 51.5 Å². The molecule has 0 aromatic rings. The van der Waals surface area contributed by atoms with Crippen molar-refractivity contribution in [2.75, 3.05) is 6.54 Å². The fourth-order valence-electron chi connectivity index (χ4n) is 3.76. The molecule has 2 fully saturated rings. The van der Waals surface area contributed by atoms with Crippen LogP contribution >= 0.6 is 0 Å². The van der Waals surface area contributed by atoms with E-state index in [4.69, 9.17) is 0 Å². The van der Waals surface area contributed by atoms with Gasteiger partial charge in [-0.2, -0.15) is 0 Å². The predicted octanol–water partition coefficient (Wildman–Crippen LogP) is 3.01. The lowest BCUT2D eigenvalue weighted by Gasteiger charge is -2.41. The monoisotopic (exact) mass is 308 g/mol. The zero-order valence-corrected chi connectivity index (χ0v) is 14.6. The smallest absolute Gasteiger partial charge is 0.242 e. The molecule has 22 heavy (non-hydrogen) atoms. The minimum atomic E-state index is -0.341. The molecule has 126 valence electrons. The third-order valence-corrected chi connectivity index (χ3v) is 5.70. The van der Waals surface area contributed by atoms with Crippen LogP contribution in [-0.2, 0) is 9.59 Å². The third-order valence-electron chi connectivity index (χ3n) is 5.70. The summed E-state index contributed by atoms with van der Waals surface area (Å²) in [6.45, 7) is 9.66. The Bertz CT molecular complexity index is 417. The lowest BCUT2D eigenvalue weighted by molar-refractivity contribution is -0.136. The van der Waals surface area contributed by atoms with E-state index in [1.165, 1.54) is 0 Å². The summed E-state index contributed by atoms with van der Waals surface area (Å²) in [6, 6.07) is -0.341. The molecule has 1 saturated carbocycles. The van der Waals surface area contributed by atoms with Crippen molar-refractivity contribution in [3.63, 3.8) is 0 Å². The summed E-state index contributed by atoms with van der Waals surface area (Å²) < 4.78 is 0. The Morgan fingerprint density at radius 1 is 1.18 bits per heavy atom. The zero-order valence-electron chi connectivity index (χ0n) is 14.6. The highest BCUT2D eigenvalue weighted by molar-refractivity contribution is 5.90. The van der Waals surface area contributed by atoms with Gasteiger partial charge in [0.2, 0.25) is 11.8 Å². The molecule has 1 saturated heterocycles. The Balaban J connectivity index is 1.93. The molecule has 1 heterocycles. The Hall–Kier alpha value is -1.06. The minimum absolute atomic E-state index is 0.0159. The van der Waals surface area contributed by atoms with E-state index in [9.17, 15) is 9.59 Å². The zero-order chi connectivity index (χ0) is 16.4. The molecular weight excluding hydrogens is 276 g/mol. The second kappa shape index (κ2) is 6.59. The maximum absolute atomic E-state index is 12.7. The Kier molecular flexibility index (Phi) is 5.18. The van der Waals surface area contributed by atoms with Crippen molar-refractivity contribution < 1.29 is 9.59 Å². The average molecular weight is 308 g/mol. The normalized spacial score (nSPS) is 33.7. The summed E-state index contributed by atoms with van der Waals surface area (Å²) in [5.74, 6) is 0.745. The van der Waals surface area contributed by atoms with E-state index < -0.39 is 0 Å². The number of hydrogen-bond donors (Lipinski definition) is 2. The second-order valence-corrected chi connectivity index (χ2v) is 8.51. The van der Waals surface area contributed by atoms with Crippen molar-refractivity contribution in [3.05, 3.63) is 0 Å². The van der Waals surface area contributed by atoms with Gasteiger partial charge in [-0.3, -0.25) is 9.59 Å². The van der Waals surface area contributed by atoms with Crippen molar-refractivity contribution in [1.82, 2.24) is 10.6 Å². The minimum Gasteiger partial charge on any atom is -0.354 e. The molecule has 2 rings (SSSR count). The van der Waals surface area contributed by atoms with Crippen molar-refractivity contribution in [2.45, 2.75) is 78.7 Å². The molecule has 4 nitrogen and oxygen atoms in total. The second-order valence-electron chi connectivity index (χ2n) is 8.51. The standard InChI is InChI=1S/C18H32N2O2/c1-17(2,3)13-8-10-18(4,11-9-13)16(22)20-14-7-5-6-12-19-15(14)21/h13-14H,5-12H2,1-4H3,(H,19,21)(H,20,22)/t13?,14-,18?/m0/s1. The van der Waals surface area contributed by atoms with E-state index in [0.29, 0.717) is 11.3 Å². The van der Waals surface area contributed by atoms with Crippen LogP contribution in [-0.4, -0.2) is 24.4 Å². The Labute approximate surface area is 134 Å². The fraction of sp³-hybridized carbons (Fsp3) is 0.889.